The van der Waals surface area contributed by atoms with Gasteiger partial charge in [0, 0.05) is 16.0 Å². The molecule has 25 heavy (non-hydrogen) atoms. The molecular weight excluding hydrogens is 349 g/mol. The lowest BCUT2D eigenvalue weighted by Gasteiger charge is -2.00. The Morgan fingerprint density at radius 1 is 1.00 bits per heavy atom. The van der Waals surface area contributed by atoms with E-state index in [4.69, 9.17) is 5.26 Å². The van der Waals surface area contributed by atoms with Gasteiger partial charge in [-0.1, -0.05) is 39.0 Å². The lowest BCUT2D eigenvalue weighted by atomic mass is 10.2. The Balaban J connectivity index is 0.00000151. The maximum atomic E-state index is 13.7. The quantitative estimate of drug-likeness (QED) is 0.252. The molecule has 2 rings (SSSR count). The van der Waals surface area contributed by atoms with Gasteiger partial charge in [-0.25, -0.2) is 4.39 Å². The van der Waals surface area contributed by atoms with Crippen LogP contribution in [0.15, 0.2) is 52.3 Å². The molecule has 0 fully saturated rings. The Morgan fingerprint density at radius 3 is 2.24 bits per heavy atom. The largest absolute Gasteiger partial charge is 0.206 e. The summed E-state index contributed by atoms with van der Waals surface area (Å²) in [6.45, 7) is 6.19. The van der Waals surface area contributed by atoms with Crippen LogP contribution >= 0.6 is 23.5 Å². The van der Waals surface area contributed by atoms with Crippen molar-refractivity contribution in [2.75, 3.05) is 5.75 Å². The number of unbranched alkanes of at least 4 members (excludes halogenated alkanes) is 1. The molecule has 2 aromatic carbocycles. The Labute approximate surface area is 159 Å². The molecule has 0 aliphatic carbocycles. The highest BCUT2D eigenvalue weighted by Gasteiger charge is 2.02. The summed E-state index contributed by atoms with van der Waals surface area (Å²) in [6.07, 6.45) is 2.43. The number of halogens is 1. The highest BCUT2D eigenvalue weighted by Crippen LogP contribution is 2.21. The van der Waals surface area contributed by atoms with Crippen molar-refractivity contribution in [2.24, 2.45) is 0 Å². The fourth-order valence-corrected chi connectivity index (χ4v) is 3.21. The van der Waals surface area contributed by atoms with Crippen molar-refractivity contribution in [1.29, 1.82) is 5.26 Å². The molecular formula is C21H22FNS2. The van der Waals surface area contributed by atoms with E-state index < -0.39 is 5.82 Å². The number of hydrogen-bond donors (Lipinski definition) is 0. The van der Waals surface area contributed by atoms with Gasteiger partial charge in [0.05, 0.1) is 4.90 Å². The summed E-state index contributed by atoms with van der Waals surface area (Å²) in [5.74, 6) is 6.71. The molecule has 4 heteroatoms. The average Bonchev–Trinajstić information content (AvgIpc) is 2.65. The molecule has 0 atom stereocenters. The van der Waals surface area contributed by atoms with Gasteiger partial charge >= 0.3 is 0 Å². The van der Waals surface area contributed by atoms with Gasteiger partial charge in [0.2, 0.25) is 0 Å². The van der Waals surface area contributed by atoms with E-state index in [1.807, 2.05) is 43.1 Å². The first-order chi connectivity index (χ1) is 12.2. The zero-order valence-corrected chi connectivity index (χ0v) is 16.4. The SMILES string of the molecule is CC.CCCCSc1ccc(C#Cc2ccc(SC#N)c(F)c2)cc1. The molecule has 0 radical (unpaired) electrons. The van der Waals surface area contributed by atoms with E-state index in [1.54, 1.807) is 12.1 Å². The van der Waals surface area contributed by atoms with E-state index in [0.717, 1.165) is 23.1 Å². The molecule has 0 saturated heterocycles. The third kappa shape index (κ3) is 7.69. The van der Waals surface area contributed by atoms with Gasteiger partial charge in [-0.3, -0.25) is 0 Å². The van der Waals surface area contributed by atoms with Crippen molar-refractivity contribution in [1.82, 2.24) is 0 Å². The third-order valence-corrected chi connectivity index (χ3v) is 4.80. The summed E-state index contributed by atoms with van der Waals surface area (Å²) in [6, 6.07) is 12.8. The first kappa shape index (κ1) is 21.2. The topological polar surface area (TPSA) is 23.8 Å². The standard InChI is InChI=1S/C19H16FNS2.C2H6/c1-2-3-12-22-17-9-6-15(7-10-17)4-5-16-8-11-19(23-14-21)18(20)13-16;1-2/h6-11,13H,2-3,12H2,1H3;1-2H3. The van der Waals surface area contributed by atoms with E-state index >= 15 is 0 Å². The molecule has 0 saturated carbocycles. The fraction of sp³-hybridized carbons (Fsp3) is 0.286. The molecule has 130 valence electrons. The normalized spacial score (nSPS) is 9.24. The van der Waals surface area contributed by atoms with Crippen LogP contribution in [-0.4, -0.2) is 5.75 Å². The lowest BCUT2D eigenvalue weighted by molar-refractivity contribution is 0.602. The predicted molar refractivity (Wildman–Crippen MR) is 107 cm³/mol. The summed E-state index contributed by atoms with van der Waals surface area (Å²) in [7, 11) is 0. The van der Waals surface area contributed by atoms with Crippen LogP contribution in [0.5, 0.6) is 0 Å². The monoisotopic (exact) mass is 371 g/mol. The Bertz CT molecular complexity index is 752. The number of nitrogens with zero attached hydrogens (tertiary/aromatic N) is 1. The van der Waals surface area contributed by atoms with Crippen LogP contribution in [0.4, 0.5) is 4.39 Å². The van der Waals surface area contributed by atoms with Crippen molar-refractivity contribution in [3.8, 4) is 17.2 Å². The maximum Gasteiger partial charge on any atom is 0.139 e. The first-order valence-corrected chi connectivity index (χ1v) is 10.1. The minimum Gasteiger partial charge on any atom is -0.206 e. The van der Waals surface area contributed by atoms with E-state index in [0.29, 0.717) is 10.5 Å². The summed E-state index contributed by atoms with van der Waals surface area (Å²) in [5.41, 5.74) is 1.51. The molecule has 0 aliphatic rings. The van der Waals surface area contributed by atoms with E-state index in [-0.39, 0.29) is 0 Å². The zero-order valence-electron chi connectivity index (χ0n) is 14.8. The van der Waals surface area contributed by atoms with Crippen molar-refractivity contribution < 1.29 is 4.39 Å². The smallest absolute Gasteiger partial charge is 0.139 e. The van der Waals surface area contributed by atoms with Gasteiger partial charge in [-0.2, -0.15) is 5.26 Å². The number of thiocyanates is 1. The summed E-state index contributed by atoms with van der Waals surface area (Å²) in [4.78, 5) is 1.57. The highest BCUT2D eigenvalue weighted by molar-refractivity contribution is 8.03. The van der Waals surface area contributed by atoms with E-state index in [2.05, 4.69) is 30.9 Å². The van der Waals surface area contributed by atoms with E-state index in [9.17, 15) is 4.39 Å². The molecule has 1 nitrogen and oxygen atoms in total. The average molecular weight is 372 g/mol. The van der Waals surface area contributed by atoms with Crippen LogP contribution in [0.1, 0.15) is 44.7 Å². The van der Waals surface area contributed by atoms with Gasteiger partial charge in [-0.15, -0.1) is 11.8 Å². The molecule has 0 unspecified atom stereocenters. The second-order valence-electron chi connectivity index (χ2n) is 4.81. The second-order valence-corrected chi connectivity index (χ2v) is 6.81. The Kier molecular flexibility index (Phi) is 10.6. The van der Waals surface area contributed by atoms with Gasteiger partial charge in [0.25, 0.3) is 0 Å². The van der Waals surface area contributed by atoms with Crippen molar-refractivity contribution in [3.05, 3.63) is 59.4 Å². The first-order valence-electron chi connectivity index (χ1n) is 8.33. The van der Waals surface area contributed by atoms with Crippen molar-refractivity contribution >= 4 is 23.5 Å². The van der Waals surface area contributed by atoms with Gasteiger partial charge in [0.15, 0.2) is 0 Å². The Morgan fingerprint density at radius 2 is 1.64 bits per heavy atom. The molecule has 0 heterocycles. The van der Waals surface area contributed by atoms with Crippen LogP contribution in [0.3, 0.4) is 0 Å². The summed E-state index contributed by atoms with van der Waals surface area (Å²) >= 11 is 2.66. The molecule has 0 bridgehead atoms. The minimum atomic E-state index is -0.411. The number of benzene rings is 2. The highest BCUT2D eigenvalue weighted by atomic mass is 32.2. The molecule has 0 aliphatic heterocycles. The summed E-state index contributed by atoms with van der Waals surface area (Å²) in [5, 5.41) is 10.4. The van der Waals surface area contributed by atoms with Crippen LogP contribution in [0.2, 0.25) is 0 Å². The number of rotatable bonds is 5. The Hall–Kier alpha value is -1.88. The number of thioether (sulfide) groups is 2. The van der Waals surface area contributed by atoms with Gasteiger partial charge in [-0.05, 0) is 66.4 Å². The van der Waals surface area contributed by atoms with Crippen molar-refractivity contribution in [3.63, 3.8) is 0 Å². The van der Waals surface area contributed by atoms with Crippen LogP contribution in [0.25, 0.3) is 0 Å². The van der Waals surface area contributed by atoms with Crippen molar-refractivity contribution in [2.45, 2.75) is 43.4 Å². The zero-order chi connectivity index (χ0) is 18.5. The lowest BCUT2D eigenvalue weighted by Crippen LogP contribution is -1.83. The predicted octanol–water partition coefficient (Wildman–Crippen LogP) is 6.72. The molecule has 2 aromatic rings. The molecule has 0 aromatic heterocycles. The minimum absolute atomic E-state index is 0.325. The van der Waals surface area contributed by atoms with Crippen LogP contribution in [0, 0.1) is 28.3 Å². The molecule has 0 amide bonds. The second kappa shape index (κ2) is 12.5. The fourth-order valence-electron chi connectivity index (χ4n) is 1.82. The molecule has 0 N–H and O–H groups in total. The van der Waals surface area contributed by atoms with Crippen LogP contribution in [-0.2, 0) is 0 Å². The summed E-state index contributed by atoms with van der Waals surface area (Å²) < 4.78 is 13.7. The van der Waals surface area contributed by atoms with Gasteiger partial charge < -0.3 is 0 Å². The van der Waals surface area contributed by atoms with Gasteiger partial charge in [0.1, 0.15) is 11.2 Å². The maximum absolute atomic E-state index is 13.7. The third-order valence-electron chi connectivity index (χ3n) is 3.06. The molecule has 0 spiro atoms. The van der Waals surface area contributed by atoms with Crippen LogP contribution < -0.4 is 0 Å². The number of nitriles is 1. The van der Waals surface area contributed by atoms with E-state index in [1.165, 1.54) is 23.8 Å². The number of hydrogen-bond acceptors (Lipinski definition) is 3.